The van der Waals surface area contributed by atoms with Crippen molar-refractivity contribution in [2.75, 3.05) is 13.2 Å². The third-order valence-corrected chi connectivity index (χ3v) is 7.11. The number of hydrogen-bond acceptors (Lipinski definition) is 6. The molecule has 2 aliphatic heterocycles. The van der Waals surface area contributed by atoms with Crippen LogP contribution in [0.2, 0.25) is 0 Å². The van der Waals surface area contributed by atoms with Crippen LogP contribution in [0.15, 0.2) is 0 Å². The van der Waals surface area contributed by atoms with E-state index in [0.717, 1.165) is 64.2 Å². The van der Waals surface area contributed by atoms with Crippen LogP contribution in [0.5, 0.6) is 0 Å². The molecule has 4 fully saturated rings. The van der Waals surface area contributed by atoms with Crippen LogP contribution in [-0.2, 0) is 23.7 Å². The van der Waals surface area contributed by atoms with Crippen molar-refractivity contribution in [1.82, 2.24) is 0 Å². The van der Waals surface area contributed by atoms with Crippen LogP contribution < -0.4 is 0 Å². The molecule has 2 aliphatic carbocycles. The molecule has 4 aliphatic rings. The van der Waals surface area contributed by atoms with E-state index in [1.54, 1.807) is 6.92 Å². The van der Waals surface area contributed by atoms with Crippen molar-refractivity contribution < 1.29 is 28.8 Å². The molecular weight excluding hydrogens is 372 g/mol. The number of rotatable bonds is 7. The molecule has 4 rings (SSSR count). The van der Waals surface area contributed by atoms with Crippen LogP contribution in [-0.4, -0.2) is 60.4 Å². The Morgan fingerprint density at radius 3 is 2.14 bits per heavy atom. The van der Waals surface area contributed by atoms with Crippen molar-refractivity contribution in [3.05, 3.63) is 0 Å². The lowest BCUT2D eigenvalue weighted by molar-refractivity contribution is -0.223. The Labute approximate surface area is 175 Å². The van der Waals surface area contributed by atoms with Gasteiger partial charge in [-0.05, 0) is 39.0 Å². The van der Waals surface area contributed by atoms with Crippen LogP contribution in [0.1, 0.15) is 90.9 Å². The van der Waals surface area contributed by atoms with Gasteiger partial charge in [-0.3, -0.25) is 0 Å². The summed E-state index contributed by atoms with van der Waals surface area (Å²) in [4.78, 5) is 0. The van der Waals surface area contributed by atoms with Gasteiger partial charge < -0.3 is 28.8 Å². The highest BCUT2D eigenvalue weighted by molar-refractivity contribution is 4.98. The predicted octanol–water partition coefficient (Wildman–Crippen LogP) is 4.07. The van der Waals surface area contributed by atoms with Crippen molar-refractivity contribution in [3.8, 4) is 0 Å². The van der Waals surface area contributed by atoms with E-state index >= 15 is 0 Å². The zero-order chi connectivity index (χ0) is 20.3. The highest BCUT2D eigenvalue weighted by Gasteiger charge is 2.56. The predicted molar refractivity (Wildman–Crippen MR) is 109 cm³/mol. The van der Waals surface area contributed by atoms with E-state index in [1.807, 2.05) is 0 Å². The van der Waals surface area contributed by atoms with Crippen LogP contribution in [0.4, 0.5) is 0 Å². The fraction of sp³-hybridized carbons (Fsp3) is 1.00. The van der Waals surface area contributed by atoms with Crippen LogP contribution >= 0.6 is 0 Å². The summed E-state index contributed by atoms with van der Waals surface area (Å²) in [5.41, 5.74) is 0. The number of aliphatic hydroxyl groups is 1. The molecule has 2 saturated heterocycles. The SMILES string of the molecule is CCCCO[C@@H]([C@@H]1OC2(CCCCC2)O[C@H]1[C@@H](C)O)[C@H]1COC2(CCCCC2)O1. The molecular formula is C23H40O6. The van der Waals surface area contributed by atoms with Gasteiger partial charge in [0.2, 0.25) is 0 Å². The lowest BCUT2D eigenvalue weighted by Gasteiger charge is -2.35. The summed E-state index contributed by atoms with van der Waals surface area (Å²) in [7, 11) is 0. The van der Waals surface area contributed by atoms with Gasteiger partial charge in [0.25, 0.3) is 0 Å². The van der Waals surface area contributed by atoms with Crippen LogP contribution in [0.3, 0.4) is 0 Å². The molecule has 2 saturated carbocycles. The second-order valence-corrected chi connectivity index (χ2v) is 9.50. The normalized spacial score (nSPS) is 35.9. The summed E-state index contributed by atoms with van der Waals surface area (Å²) in [5, 5.41) is 10.5. The summed E-state index contributed by atoms with van der Waals surface area (Å²) in [6.07, 6.45) is 10.9. The van der Waals surface area contributed by atoms with E-state index in [9.17, 15) is 5.11 Å². The molecule has 1 N–H and O–H groups in total. The molecule has 29 heavy (non-hydrogen) atoms. The van der Waals surface area contributed by atoms with Crippen LogP contribution in [0.25, 0.3) is 0 Å². The van der Waals surface area contributed by atoms with Crippen molar-refractivity contribution in [3.63, 3.8) is 0 Å². The molecule has 0 aromatic rings. The molecule has 2 spiro atoms. The number of hydrogen-bond donors (Lipinski definition) is 1. The van der Waals surface area contributed by atoms with E-state index in [0.29, 0.717) is 13.2 Å². The minimum absolute atomic E-state index is 0.182. The van der Waals surface area contributed by atoms with E-state index < -0.39 is 23.8 Å². The topological polar surface area (TPSA) is 66.4 Å². The Bertz CT molecular complexity index is 511. The van der Waals surface area contributed by atoms with Crippen LogP contribution in [0, 0.1) is 0 Å². The molecule has 0 unspecified atom stereocenters. The summed E-state index contributed by atoms with van der Waals surface area (Å²) in [5.74, 6) is -1.02. The first-order chi connectivity index (χ1) is 14.1. The number of ether oxygens (including phenoxy) is 5. The first kappa shape index (κ1) is 22.0. The summed E-state index contributed by atoms with van der Waals surface area (Å²) >= 11 is 0. The standard InChI is InChI=1S/C23H40O6/c1-3-4-15-25-20(18-16-26-22(27-18)11-7-5-8-12-22)21-19(17(2)24)28-23(29-21)13-9-6-10-14-23/h17-21,24H,3-16H2,1-2H3/t17-,18-,19+,20-,21-/m1/s1. The Balaban J connectivity index is 1.51. The molecule has 0 aromatic carbocycles. The highest BCUT2D eigenvalue weighted by Crippen LogP contribution is 2.45. The Hall–Kier alpha value is -0.240. The summed E-state index contributed by atoms with van der Waals surface area (Å²) < 4.78 is 32.1. The maximum atomic E-state index is 10.5. The lowest BCUT2D eigenvalue weighted by Crippen LogP contribution is -2.50. The minimum Gasteiger partial charge on any atom is -0.391 e. The smallest absolute Gasteiger partial charge is 0.169 e. The molecule has 0 radical (unpaired) electrons. The minimum atomic E-state index is -0.621. The van der Waals surface area contributed by atoms with Crippen molar-refractivity contribution in [1.29, 1.82) is 0 Å². The van der Waals surface area contributed by atoms with Gasteiger partial charge in [-0.25, -0.2) is 0 Å². The summed E-state index contributed by atoms with van der Waals surface area (Å²) in [6, 6.07) is 0. The van der Waals surface area contributed by atoms with Gasteiger partial charge >= 0.3 is 0 Å². The Morgan fingerprint density at radius 1 is 0.897 bits per heavy atom. The van der Waals surface area contributed by atoms with Crippen molar-refractivity contribution in [2.45, 2.75) is 133 Å². The maximum absolute atomic E-state index is 10.5. The van der Waals surface area contributed by atoms with E-state index in [1.165, 1.54) is 12.8 Å². The first-order valence-corrected chi connectivity index (χ1v) is 12.0. The van der Waals surface area contributed by atoms with E-state index in [2.05, 4.69) is 6.92 Å². The zero-order valence-electron chi connectivity index (χ0n) is 18.3. The monoisotopic (exact) mass is 412 g/mol. The van der Waals surface area contributed by atoms with E-state index in [4.69, 9.17) is 23.7 Å². The number of aliphatic hydroxyl groups excluding tert-OH is 1. The van der Waals surface area contributed by atoms with Crippen molar-refractivity contribution >= 4 is 0 Å². The van der Waals surface area contributed by atoms with Gasteiger partial charge in [-0.1, -0.05) is 26.2 Å². The van der Waals surface area contributed by atoms with Gasteiger partial charge in [0, 0.05) is 32.3 Å². The fourth-order valence-corrected chi connectivity index (χ4v) is 5.48. The van der Waals surface area contributed by atoms with Crippen molar-refractivity contribution in [2.24, 2.45) is 0 Å². The highest BCUT2D eigenvalue weighted by atomic mass is 16.8. The maximum Gasteiger partial charge on any atom is 0.169 e. The quantitative estimate of drug-likeness (QED) is 0.636. The third kappa shape index (κ3) is 4.83. The Morgan fingerprint density at radius 2 is 1.52 bits per heavy atom. The molecule has 168 valence electrons. The average Bonchev–Trinajstić information content (AvgIpc) is 3.29. The van der Waals surface area contributed by atoms with Gasteiger partial charge in [-0.15, -0.1) is 0 Å². The third-order valence-electron chi connectivity index (χ3n) is 7.11. The molecule has 6 heteroatoms. The molecule has 0 aromatic heterocycles. The molecule has 5 atom stereocenters. The second-order valence-electron chi connectivity index (χ2n) is 9.50. The molecule has 0 amide bonds. The second kappa shape index (κ2) is 9.49. The lowest BCUT2D eigenvalue weighted by atomic mass is 9.94. The Kier molecular flexibility index (Phi) is 7.19. The largest absolute Gasteiger partial charge is 0.391 e. The first-order valence-electron chi connectivity index (χ1n) is 12.0. The fourth-order valence-electron chi connectivity index (χ4n) is 5.48. The zero-order valence-corrected chi connectivity index (χ0v) is 18.3. The van der Waals surface area contributed by atoms with E-state index in [-0.39, 0.29) is 18.3 Å². The molecule has 6 nitrogen and oxygen atoms in total. The van der Waals surface area contributed by atoms with Gasteiger partial charge in [0.05, 0.1) is 12.7 Å². The molecule has 0 bridgehead atoms. The summed E-state index contributed by atoms with van der Waals surface area (Å²) in [6.45, 7) is 5.14. The molecule has 2 heterocycles. The number of unbranched alkanes of at least 4 members (excludes halogenated alkanes) is 1. The average molecular weight is 413 g/mol. The van der Waals surface area contributed by atoms with Gasteiger partial charge in [0.1, 0.15) is 24.4 Å². The van der Waals surface area contributed by atoms with Gasteiger partial charge in [0.15, 0.2) is 11.6 Å². The van der Waals surface area contributed by atoms with Gasteiger partial charge in [-0.2, -0.15) is 0 Å².